The van der Waals surface area contributed by atoms with Gasteiger partial charge in [0, 0.05) is 36.7 Å². The van der Waals surface area contributed by atoms with Crippen molar-refractivity contribution in [2.75, 3.05) is 34.4 Å². The van der Waals surface area contributed by atoms with Gasteiger partial charge in [-0.1, -0.05) is 0 Å². The van der Waals surface area contributed by atoms with Crippen molar-refractivity contribution in [3.8, 4) is 11.5 Å². The zero-order chi connectivity index (χ0) is 18.9. The zero-order valence-corrected chi connectivity index (χ0v) is 16.4. The lowest BCUT2D eigenvalue weighted by molar-refractivity contribution is -0.132. The number of carbonyl (C=O) groups is 1. The van der Waals surface area contributed by atoms with Crippen molar-refractivity contribution < 1.29 is 19.0 Å². The predicted molar refractivity (Wildman–Crippen MR) is 99.3 cm³/mol. The van der Waals surface area contributed by atoms with E-state index < -0.39 is 0 Å². The second-order valence-corrected chi connectivity index (χ2v) is 7.68. The Labute approximate surface area is 156 Å². The summed E-state index contributed by atoms with van der Waals surface area (Å²) in [6, 6.07) is 6.04. The summed E-state index contributed by atoms with van der Waals surface area (Å²) in [5, 5.41) is 0. The first kappa shape index (κ1) is 19.0. The molecule has 1 aromatic carbocycles. The Morgan fingerprint density at radius 2 is 2.04 bits per heavy atom. The molecule has 2 atom stereocenters. The first-order valence-electron chi connectivity index (χ1n) is 9.22. The maximum atomic E-state index is 12.9. The van der Waals surface area contributed by atoms with Gasteiger partial charge in [0.2, 0.25) is 5.91 Å². The molecule has 0 saturated carbocycles. The molecule has 0 N–H and O–H groups in total. The summed E-state index contributed by atoms with van der Waals surface area (Å²) < 4.78 is 16.6. The Hall–Kier alpha value is -1.79. The van der Waals surface area contributed by atoms with E-state index >= 15 is 0 Å². The third-order valence-electron chi connectivity index (χ3n) is 5.85. The molecule has 1 amide bonds. The lowest BCUT2D eigenvalue weighted by atomic mass is 9.98. The number of methoxy groups -OCH3 is 2. The van der Waals surface area contributed by atoms with Crippen LogP contribution < -0.4 is 9.47 Å². The van der Waals surface area contributed by atoms with Crippen LogP contribution in [-0.2, 0) is 16.1 Å². The zero-order valence-electron chi connectivity index (χ0n) is 16.4. The van der Waals surface area contributed by atoms with Crippen LogP contribution in [0.25, 0.3) is 0 Å². The van der Waals surface area contributed by atoms with Crippen molar-refractivity contribution in [2.45, 2.75) is 45.0 Å². The molecular weight excluding hydrogens is 332 g/mol. The van der Waals surface area contributed by atoms with E-state index in [1.54, 1.807) is 14.2 Å². The third kappa shape index (κ3) is 3.67. The summed E-state index contributed by atoms with van der Waals surface area (Å²) in [6.45, 7) is 6.21. The van der Waals surface area contributed by atoms with Crippen LogP contribution >= 0.6 is 0 Å². The van der Waals surface area contributed by atoms with E-state index in [0.29, 0.717) is 19.2 Å². The number of likely N-dealkylation sites (tertiary alicyclic amines) is 1. The molecule has 0 radical (unpaired) electrons. The summed E-state index contributed by atoms with van der Waals surface area (Å²) in [4.78, 5) is 17.1. The van der Waals surface area contributed by atoms with E-state index in [9.17, 15) is 4.79 Å². The van der Waals surface area contributed by atoms with Crippen molar-refractivity contribution in [1.29, 1.82) is 0 Å². The molecule has 2 aliphatic rings. The molecule has 2 aliphatic heterocycles. The van der Waals surface area contributed by atoms with Crippen molar-refractivity contribution in [1.82, 2.24) is 9.80 Å². The van der Waals surface area contributed by atoms with Crippen LogP contribution in [0.5, 0.6) is 11.5 Å². The topological polar surface area (TPSA) is 51.2 Å². The molecule has 2 saturated heterocycles. The summed E-state index contributed by atoms with van der Waals surface area (Å²) in [5.41, 5.74) is 0.757. The average Bonchev–Trinajstić information content (AvgIpc) is 3.10. The second-order valence-electron chi connectivity index (χ2n) is 7.68. The van der Waals surface area contributed by atoms with Crippen LogP contribution in [0.4, 0.5) is 0 Å². The van der Waals surface area contributed by atoms with E-state index in [-0.39, 0.29) is 17.6 Å². The van der Waals surface area contributed by atoms with E-state index in [2.05, 4.69) is 25.8 Å². The Balaban J connectivity index is 1.63. The van der Waals surface area contributed by atoms with Gasteiger partial charge in [-0.25, -0.2) is 0 Å². The molecule has 2 fully saturated rings. The van der Waals surface area contributed by atoms with Crippen LogP contribution in [0.2, 0.25) is 0 Å². The summed E-state index contributed by atoms with van der Waals surface area (Å²) >= 11 is 0. The number of hydrogen-bond donors (Lipinski definition) is 0. The monoisotopic (exact) mass is 362 g/mol. The standard InChI is InChI=1S/C20H30N2O4/c1-20(2)21(3)16(13-26-20)10-14-8-9-22(19(14)23)12-15-6-7-17(24-4)11-18(15)25-5/h6-7,11,14,16H,8-10,12-13H2,1-5H3/t14-,16-/m0/s1. The van der Waals surface area contributed by atoms with Crippen molar-refractivity contribution in [3.05, 3.63) is 23.8 Å². The Bertz CT molecular complexity index is 661. The van der Waals surface area contributed by atoms with E-state index in [4.69, 9.17) is 14.2 Å². The van der Waals surface area contributed by atoms with Gasteiger partial charge in [0.1, 0.15) is 17.2 Å². The fourth-order valence-corrected chi connectivity index (χ4v) is 3.88. The van der Waals surface area contributed by atoms with Gasteiger partial charge in [0.25, 0.3) is 0 Å². The number of amides is 1. The number of benzene rings is 1. The van der Waals surface area contributed by atoms with E-state index in [0.717, 1.165) is 36.4 Å². The molecule has 2 heterocycles. The molecule has 6 heteroatoms. The lowest BCUT2D eigenvalue weighted by Crippen LogP contribution is -2.41. The molecule has 1 aromatic rings. The van der Waals surface area contributed by atoms with Gasteiger partial charge in [-0.05, 0) is 45.9 Å². The normalized spacial score (nSPS) is 25.7. The number of rotatable bonds is 6. The van der Waals surface area contributed by atoms with Crippen LogP contribution in [0.15, 0.2) is 18.2 Å². The molecule has 0 spiro atoms. The maximum Gasteiger partial charge on any atom is 0.226 e. The molecule has 3 rings (SSSR count). The molecule has 6 nitrogen and oxygen atoms in total. The molecule has 26 heavy (non-hydrogen) atoms. The van der Waals surface area contributed by atoms with Crippen molar-refractivity contribution in [2.24, 2.45) is 5.92 Å². The molecule has 0 bridgehead atoms. The number of ether oxygens (including phenoxy) is 3. The Kier molecular flexibility index (Phi) is 5.44. The SMILES string of the molecule is COc1ccc(CN2CC[C@@H](C[C@H]3COC(C)(C)N3C)C2=O)c(OC)c1. The predicted octanol–water partition coefficient (Wildman–Crippen LogP) is 2.51. The van der Waals surface area contributed by atoms with Gasteiger partial charge in [-0.3, -0.25) is 9.69 Å². The Morgan fingerprint density at radius 3 is 2.65 bits per heavy atom. The molecule has 0 unspecified atom stereocenters. The van der Waals surface area contributed by atoms with Gasteiger partial charge < -0.3 is 19.1 Å². The number of likely N-dealkylation sites (N-methyl/N-ethyl adjacent to an activating group) is 1. The second kappa shape index (κ2) is 7.45. The van der Waals surface area contributed by atoms with Gasteiger partial charge in [0.15, 0.2) is 0 Å². The van der Waals surface area contributed by atoms with Crippen LogP contribution in [0.1, 0.15) is 32.3 Å². The molecule has 144 valence electrons. The number of hydrogen-bond acceptors (Lipinski definition) is 5. The van der Waals surface area contributed by atoms with Crippen LogP contribution in [-0.4, -0.2) is 61.9 Å². The van der Waals surface area contributed by atoms with Gasteiger partial charge >= 0.3 is 0 Å². The van der Waals surface area contributed by atoms with Gasteiger partial charge in [0.05, 0.1) is 20.8 Å². The number of nitrogens with zero attached hydrogens (tertiary/aromatic N) is 2. The summed E-state index contributed by atoms with van der Waals surface area (Å²) in [7, 11) is 5.36. The minimum absolute atomic E-state index is 0.0733. The highest BCUT2D eigenvalue weighted by molar-refractivity contribution is 5.81. The first-order valence-corrected chi connectivity index (χ1v) is 9.22. The van der Waals surface area contributed by atoms with Crippen molar-refractivity contribution >= 4 is 5.91 Å². The molecule has 0 aromatic heterocycles. The average molecular weight is 362 g/mol. The largest absolute Gasteiger partial charge is 0.497 e. The van der Waals surface area contributed by atoms with Crippen LogP contribution in [0.3, 0.4) is 0 Å². The quantitative estimate of drug-likeness (QED) is 0.778. The highest BCUT2D eigenvalue weighted by Gasteiger charge is 2.41. The van der Waals surface area contributed by atoms with Crippen molar-refractivity contribution in [3.63, 3.8) is 0 Å². The summed E-state index contributed by atoms with van der Waals surface area (Å²) in [6.07, 6.45) is 1.76. The molecule has 0 aliphatic carbocycles. The highest BCUT2D eigenvalue weighted by Crippen LogP contribution is 2.33. The smallest absolute Gasteiger partial charge is 0.226 e. The van der Waals surface area contributed by atoms with E-state index in [1.165, 1.54) is 0 Å². The minimum Gasteiger partial charge on any atom is -0.497 e. The summed E-state index contributed by atoms with van der Waals surface area (Å²) in [5.74, 6) is 1.82. The van der Waals surface area contributed by atoms with Gasteiger partial charge in [-0.2, -0.15) is 0 Å². The lowest BCUT2D eigenvalue weighted by Gasteiger charge is -2.30. The number of carbonyl (C=O) groups excluding carboxylic acids is 1. The third-order valence-corrected chi connectivity index (χ3v) is 5.85. The van der Waals surface area contributed by atoms with E-state index in [1.807, 2.05) is 23.1 Å². The maximum absolute atomic E-state index is 12.9. The molecular formula is C20H30N2O4. The highest BCUT2D eigenvalue weighted by atomic mass is 16.5. The fraction of sp³-hybridized carbons (Fsp3) is 0.650. The van der Waals surface area contributed by atoms with Gasteiger partial charge in [-0.15, -0.1) is 0 Å². The first-order chi connectivity index (χ1) is 12.4. The minimum atomic E-state index is -0.248. The Morgan fingerprint density at radius 1 is 1.27 bits per heavy atom. The van der Waals surface area contributed by atoms with Crippen LogP contribution in [0, 0.1) is 5.92 Å². The fourth-order valence-electron chi connectivity index (χ4n) is 3.88.